The molecule has 1 aliphatic carbocycles. The van der Waals surface area contributed by atoms with E-state index in [1.165, 1.54) is 18.2 Å². The first kappa shape index (κ1) is 13.5. The molecule has 1 atom stereocenters. The lowest BCUT2D eigenvalue weighted by atomic mass is 9.78. The van der Waals surface area contributed by atoms with E-state index in [1.54, 1.807) is 18.2 Å². The third-order valence-electron chi connectivity index (χ3n) is 3.82. The van der Waals surface area contributed by atoms with E-state index < -0.39 is 5.97 Å². The van der Waals surface area contributed by atoms with Crippen LogP contribution in [0.2, 0.25) is 0 Å². The van der Waals surface area contributed by atoms with Gasteiger partial charge in [-0.3, -0.25) is 0 Å². The van der Waals surface area contributed by atoms with Crippen molar-refractivity contribution < 1.29 is 14.3 Å². The van der Waals surface area contributed by atoms with E-state index >= 15 is 0 Å². The summed E-state index contributed by atoms with van der Waals surface area (Å²) in [7, 11) is 1.52. The molecule has 0 heterocycles. The second kappa shape index (κ2) is 5.48. The molecule has 0 radical (unpaired) electrons. The zero-order valence-electron chi connectivity index (χ0n) is 11.8. The smallest absolute Gasteiger partial charge is 0.342 e. The molecule has 0 aromatic heterocycles. The van der Waals surface area contributed by atoms with Gasteiger partial charge in [0.25, 0.3) is 0 Å². The number of benzene rings is 2. The van der Waals surface area contributed by atoms with Gasteiger partial charge in [-0.25, -0.2) is 4.79 Å². The number of nitrogen functional groups attached to an aromatic ring is 1. The second-order valence-electron chi connectivity index (χ2n) is 5.16. The number of nitrogens with two attached hydrogens (primary N) is 1. The van der Waals surface area contributed by atoms with Crippen LogP contribution in [0.1, 0.15) is 27.4 Å². The van der Waals surface area contributed by atoms with Gasteiger partial charge in [-0.05, 0) is 35.7 Å². The lowest BCUT2D eigenvalue weighted by molar-refractivity contribution is 0.0466. The van der Waals surface area contributed by atoms with E-state index in [9.17, 15) is 4.79 Å². The summed E-state index contributed by atoms with van der Waals surface area (Å²) >= 11 is 0. The summed E-state index contributed by atoms with van der Waals surface area (Å²) in [6, 6.07) is 13.2. The van der Waals surface area contributed by atoms with E-state index in [-0.39, 0.29) is 5.92 Å². The molecule has 4 heteroatoms. The fourth-order valence-corrected chi connectivity index (χ4v) is 2.65. The van der Waals surface area contributed by atoms with Crippen LogP contribution in [-0.2, 0) is 11.2 Å². The van der Waals surface area contributed by atoms with Gasteiger partial charge in [-0.15, -0.1) is 0 Å². The third-order valence-corrected chi connectivity index (χ3v) is 3.82. The summed E-state index contributed by atoms with van der Waals surface area (Å²) in [5.41, 5.74) is 9.19. The molecule has 108 valence electrons. The zero-order chi connectivity index (χ0) is 14.8. The van der Waals surface area contributed by atoms with Crippen LogP contribution in [0.4, 0.5) is 5.69 Å². The Morgan fingerprint density at radius 1 is 1.29 bits per heavy atom. The number of carbonyl (C=O) groups excluding carboxylic acids is 1. The SMILES string of the molecule is COc1ccc(N)cc1C(=O)OCC1Cc2ccccc21. The molecule has 3 rings (SSSR count). The first-order chi connectivity index (χ1) is 10.2. The van der Waals surface area contributed by atoms with Gasteiger partial charge in [0.05, 0.1) is 13.7 Å². The molecule has 0 saturated heterocycles. The van der Waals surface area contributed by atoms with E-state index in [0.29, 0.717) is 23.6 Å². The van der Waals surface area contributed by atoms with Crippen molar-refractivity contribution in [3.63, 3.8) is 0 Å². The minimum Gasteiger partial charge on any atom is -0.496 e. The monoisotopic (exact) mass is 283 g/mol. The Hall–Kier alpha value is -2.49. The van der Waals surface area contributed by atoms with Crippen LogP contribution in [0, 0.1) is 0 Å². The fraction of sp³-hybridized carbons (Fsp3) is 0.235. The van der Waals surface area contributed by atoms with Gasteiger partial charge in [0.15, 0.2) is 0 Å². The number of methoxy groups -OCH3 is 1. The van der Waals surface area contributed by atoms with Crippen molar-refractivity contribution >= 4 is 11.7 Å². The highest BCUT2D eigenvalue weighted by molar-refractivity contribution is 5.93. The van der Waals surface area contributed by atoms with Crippen molar-refractivity contribution in [2.45, 2.75) is 12.3 Å². The van der Waals surface area contributed by atoms with Gasteiger partial charge in [-0.1, -0.05) is 24.3 Å². The summed E-state index contributed by atoms with van der Waals surface area (Å²) in [6.45, 7) is 0.383. The quantitative estimate of drug-likeness (QED) is 0.692. The van der Waals surface area contributed by atoms with Crippen molar-refractivity contribution in [2.24, 2.45) is 0 Å². The topological polar surface area (TPSA) is 61.5 Å². The van der Waals surface area contributed by atoms with Gasteiger partial charge in [-0.2, -0.15) is 0 Å². The minimum absolute atomic E-state index is 0.289. The van der Waals surface area contributed by atoms with Crippen LogP contribution in [-0.4, -0.2) is 19.7 Å². The Kier molecular flexibility index (Phi) is 3.52. The maximum absolute atomic E-state index is 12.2. The molecular formula is C17H17NO3. The molecule has 0 bridgehead atoms. The second-order valence-corrected chi connectivity index (χ2v) is 5.16. The van der Waals surface area contributed by atoms with Gasteiger partial charge < -0.3 is 15.2 Å². The summed E-state index contributed by atoms with van der Waals surface area (Å²) in [6.07, 6.45) is 0.956. The van der Waals surface area contributed by atoms with Gasteiger partial charge >= 0.3 is 5.97 Å². The number of rotatable bonds is 4. The summed E-state index contributed by atoms with van der Waals surface area (Å²) in [5, 5.41) is 0. The van der Waals surface area contributed by atoms with Crippen molar-refractivity contribution in [1.29, 1.82) is 0 Å². The molecule has 2 aromatic rings. The lowest BCUT2D eigenvalue weighted by Crippen LogP contribution is -2.23. The van der Waals surface area contributed by atoms with Crippen LogP contribution >= 0.6 is 0 Å². The molecule has 1 aliphatic rings. The summed E-state index contributed by atoms with van der Waals surface area (Å²) in [5.74, 6) is 0.365. The van der Waals surface area contributed by atoms with Gasteiger partial charge in [0.1, 0.15) is 11.3 Å². The average molecular weight is 283 g/mol. The van der Waals surface area contributed by atoms with Gasteiger partial charge in [0.2, 0.25) is 0 Å². The Bertz CT molecular complexity index is 681. The Morgan fingerprint density at radius 2 is 2.10 bits per heavy atom. The molecule has 4 nitrogen and oxygen atoms in total. The summed E-state index contributed by atoms with van der Waals surface area (Å²) in [4.78, 5) is 12.2. The number of hydrogen-bond acceptors (Lipinski definition) is 4. The molecule has 2 aromatic carbocycles. The maximum atomic E-state index is 12.2. The predicted molar refractivity (Wildman–Crippen MR) is 80.6 cm³/mol. The minimum atomic E-state index is -0.400. The molecular weight excluding hydrogens is 266 g/mol. The lowest BCUT2D eigenvalue weighted by Gasteiger charge is -2.29. The van der Waals surface area contributed by atoms with Gasteiger partial charge in [0, 0.05) is 11.6 Å². The van der Waals surface area contributed by atoms with Crippen LogP contribution in [0.3, 0.4) is 0 Å². The number of carbonyl (C=O) groups is 1. The zero-order valence-corrected chi connectivity index (χ0v) is 11.8. The molecule has 0 fully saturated rings. The Balaban J connectivity index is 1.67. The van der Waals surface area contributed by atoms with Crippen molar-refractivity contribution in [2.75, 3.05) is 19.5 Å². The van der Waals surface area contributed by atoms with Crippen LogP contribution in [0.15, 0.2) is 42.5 Å². The standard InChI is InChI=1S/C17H17NO3/c1-20-16-7-6-13(18)9-15(16)17(19)21-10-12-8-11-4-2-3-5-14(11)12/h2-7,9,12H,8,10,18H2,1H3. The van der Waals surface area contributed by atoms with Crippen LogP contribution in [0.5, 0.6) is 5.75 Å². The van der Waals surface area contributed by atoms with Crippen molar-refractivity contribution in [3.05, 3.63) is 59.2 Å². The van der Waals surface area contributed by atoms with E-state index in [4.69, 9.17) is 15.2 Å². The number of esters is 1. The van der Waals surface area contributed by atoms with E-state index in [0.717, 1.165) is 6.42 Å². The highest BCUT2D eigenvalue weighted by atomic mass is 16.5. The molecule has 0 amide bonds. The third kappa shape index (κ3) is 2.57. The highest BCUT2D eigenvalue weighted by Gasteiger charge is 2.27. The molecule has 0 aliphatic heterocycles. The number of fused-ring (bicyclic) bond motifs is 1. The van der Waals surface area contributed by atoms with Crippen molar-refractivity contribution in [3.8, 4) is 5.75 Å². The van der Waals surface area contributed by atoms with E-state index in [1.807, 2.05) is 12.1 Å². The number of anilines is 1. The Morgan fingerprint density at radius 3 is 2.86 bits per heavy atom. The molecule has 0 spiro atoms. The fourth-order valence-electron chi connectivity index (χ4n) is 2.65. The normalized spacial score (nSPS) is 15.8. The first-order valence-corrected chi connectivity index (χ1v) is 6.87. The van der Waals surface area contributed by atoms with Crippen LogP contribution in [0.25, 0.3) is 0 Å². The Labute approximate surface area is 123 Å². The average Bonchev–Trinajstić information content (AvgIpc) is 2.48. The van der Waals surface area contributed by atoms with Crippen LogP contribution < -0.4 is 10.5 Å². The largest absolute Gasteiger partial charge is 0.496 e. The number of ether oxygens (including phenoxy) is 2. The van der Waals surface area contributed by atoms with Crippen molar-refractivity contribution in [1.82, 2.24) is 0 Å². The molecule has 2 N–H and O–H groups in total. The molecule has 21 heavy (non-hydrogen) atoms. The number of hydrogen-bond donors (Lipinski definition) is 1. The molecule has 1 unspecified atom stereocenters. The maximum Gasteiger partial charge on any atom is 0.342 e. The molecule has 0 saturated carbocycles. The highest BCUT2D eigenvalue weighted by Crippen LogP contribution is 2.35. The summed E-state index contributed by atoms with van der Waals surface area (Å²) < 4.78 is 10.6. The first-order valence-electron chi connectivity index (χ1n) is 6.87. The predicted octanol–water partition coefficient (Wildman–Crippen LogP) is 2.77. The van der Waals surface area contributed by atoms with E-state index in [2.05, 4.69) is 12.1 Å².